The van der Waals surface area contributed by atoms with Gasteiger partial charge < -0.3 is 9.84 Å². The second kappa shape index (κ2) is 6.85. The van der Waals surface area contributed by atoms with E-state index < -0.39 is 11.7 Å². The predicted octanol–water partition coefficient (Wildman–Crippen LogP) is 2.84. The van der Waals surface area contributed by atoms with Crippen molar-refractivity contribution in [2.75, 3.05) is 13.7 Å². The van der Waals surface area contributed by atoms with Crippen LogP contribution in [0.25, 0.3) is 11.4 Å². The van der Waals surface area contributed by atoms with Crippen molar-refractivity contribution in [1.29, 1.82) is 0 Å². The fraction of sp³-hybridized carbons (Fsp3) is 0.333. The Balaban J connectivity index is 2.32. The van der Waals surface area contributed by atoms with Gasteiger partial charge in [-0.05, 0) is 12.1 Å². The van der Waals surface area contributed by atoms with Crippen molar-refractivity contribution in [1.82, 2.24) is 9.97 Å². The van der Waals surface area contributed by atoms with Crippen LogP contribution in [0.2, 0.25) is 0 Å². The van der Waals surface area contributed by atoms with E-state index in [2.05, 4.69) is 9.97 Å². The largest absolute Gasteiger partial charge is 0.416 e. The predicted molar refractivity (Wildman–Crippen MR) is 74.0 cm³/mol. The van der Waals surface area contributed by atoms with Crippen LogP contribution in [0.4, 0.5) is 13.2 Å². The van der Waals surface area contributed by atoms with Gasteiger partial charge in [0.05, 0.1) is 24.5 Å². The number of rotatable bonds is 5. The Kier molecular flexibility index (Phi) is 5.10. The first-order valence-electron chi connectivity index (χ1n) is 6.58. The number of aromatic nitrogens is 2. The van der Waals surface area contributed by atoms with Crippen molar-refractivity contribution in [2.45, 2.75) is 19.2 Å². The van der Waals surface area contributed by atoms with Crippen LogP contribution >= 0.6 is 0 Å². The number of hydrogen-bond donors (Lipinski definition) is 1. The minimum Gasteiger partial charge on any atom is -0.392 e. The fourth-order valence-corrected chi connectivity index (χ4v) is 1.94. The summed E-state index contributed by atoms with van der Waals surface area (Å²) in [4.78, 5) is 8.40. The van der Waals surface area contributed by atoms with E-state index in [0.29, 0.717) is 35.7 Å². The zero-order chi connectivity index (χ0) is 16.2. The summed E-state index contributed by atoms with van der Waals surface area (Å²) in [6.45, 7) is 0.225. The summed E-state index contributed by atoms with van der Waals surface area (Å²) < 4.78 is 42.6. The molecule has 0 bridgehead atoms. The zero-order valence-corrected chi connectivity index (χ0v) is 11.9. The number of halogens is 3. The highest BCUT2D eigenvalue weighted by Gasteiger charge is 2.30. The molecule has 0 spiro atoms. The van der Waals surface area contributed by atoms with Crippen molar-refractivity contribution < 1.29 is 23.0 Å². The van der Waals surface area contributed by atoms with E-state index >= 15 is 0 Å². The lowest BCUT2D eigenvalue weighted by Gasteiger charge is -2.10. The number of ether oxygens (including phenoxy) is 1. The van der Waals surface area contributed by atoms with E-state index in [0.717, 1.165) is 12.1 Å². The first-order valence-corrected chi connectivity index (χ1v) is 6.58. The Morgan fingerprint density at radius 3 is 2.41 bits per heavy atom. The maximum absolute atomic E-state index is 12.6. The van der Waals surface area contributed by atoms with Crippen molar-refractivity contribution in [2.24, 2.45) is 0 Å². The molecule has 0 saturated heterocycles. The second-order valence-electron chi connectivity index (χ2n) is 4.64. The molecule has 2 aromatic rings. The molecule has 7 heteroatoms. The van der Waals surface area contributed by atoms with Crippen LogP contribution in [-0.2, 0) is 23.9 Å². The van der Waals surface area contributed by atoms with E-state index in [1.54, 1.807) is 7.11 Å². The molecular weight excluding hydrogens is 297 g/mol. The lowest BCUT2D eigenvalue weighted by molar-refractivity contribution is -0.137. The van der Waals surface area contributed by atoms with Crippen LogP contribution in [-0.4, -0.2) is 28.8 Å². The van der Waals surface area contributed by atoms with Gasteiger partial charge in [-0.2, -0.15) is 13.2 Å². The molecule has 1 aromatic carbocycles. The van der Waals surface area contributed by atoms with Crippen molar-refractivity contribution in [3.05, 3.63) is 47.3 Å². The number of methoxy groups -OCH3 is 1. The molecule has 0 atom stereocenters. The van der Waals surface area contributed by atoms with Gasteiger partial charge in [0.2, 0.25) is 0 Å². The average Bonchev–Trinajstić information content (AvgIpc) is 2.52. The van der Waals surface area contributed by atoms with Crippen molar-refractivity contribution in [3.63, 3.8) is 0 Å². The van der Waals surface area contributed by atoms with Crippen LogP contribution < -0.4 is 0 Å². The topological polar surface area (TPSA) is 55.2 Å². The molecule has 0 amide bonds. The first-order chi connectivity index (χ1) is 10.5. The maximum atomic E-state index is 12.6. The van der Waals surface area contributed by atoms with Crippen LogP contribution in [0.15, 0.2) is 30.5 Å². The first kappa shape index (κ1) is 16.4. The molecule has 2 rings (SSSR count). The Bertz CT molecular complexity index is 628. The summed E-state index contributed by atoms with van der Waals surface area (Å²) in [5.41, 5.74) is 0.959. The number of benzene rings is 1. The summed E-state index contributed by atoms with van der Waals surface area (Å²) >= 11 is 0. The summed E-state index contributed by atoms with van der Waals surface area (Å²) in [6.07, 6.45) is -2.41. The molecule has 0 saturated carbocycles. The van der Waals surface area contributed by atoms with Crippen LogP contribution in [0.3, 0.4) is 0 Å². The molecule has 0 aliphatic heterocycles. The SMILES string of the molecule is COCCc1nc(-c2ccc(C(F)(F)F)cc2)ncc1CO. The monoisotopic (exact) mass is 312 g/mol. The van der Waals surface area contributed by atoms with Crippen LogP contribution in [0.1, 0.15) is 16.8 Å². The van der Waals surface area contributed by atoms with E-state index in [9.17, 15) is 18.3 Å². The van der Waals surface area contributed by atoms with Gasteiger partial charge in [-0.15, -0.1) is 0 Å². The molecule has 0 radical (unpaired) electrons. The fourth-order valence-electron chi connectivity index (χ4n) is 1.94. The van der Waals surface area contributed by atoms with Gasteiger partial charge in [-0.1, -0.05) is 12.1 Å². The Hall–Kier alpha value is -1.99. The lowest BCUT2D eigenvalue weighted by Crippen LogP contribution is -2.06. The highest BCUT2D eigenvalue weighted by atomic mass is 19.4. The normalized spacial score (nSPS) is 11.7. The number of aliphatic hydroxyl groups excluding tert-OH is 1. The van der Waals surface area contributed by atoms with Gasteiger partial charge in [-0.3, -0.25) is 0 Å². The second-order valence-corrected chi connectivity index (χ2v) is 4.64. The van der Waals surface area contributed by atoms with Crippen LogP contribution in [0, 0.1) is 0 Å². The number of hydrogen-bond acceptors (Lipinski definition) is 4. The van der Waals surface area contributed by atoms with Gasteiger partial charge in [-0.25, -0.2) is 9.97 Å². The summed E-state index contributed by atoms with van der Waals surface area (Å²) in [6, 6.07) is 4.65. The number of nitrogens with zero attached hydrogens (tertiary/aromatic N) is 2. The third kappa shape index (κ3) is 3.80. The molecule has 0 unspecified atom stereocenters. The smallest absolute Gasteiger partial charge is 0.392 e. The molecule has 1 heterocycles. The highest BCUT2D eigenvalue weighted by Crippen LogP contribution is 2.30. The highest BCUT2D eigenvalue weighted by molar-refractivity contribution is 5.55. The molecule has 0 aliphatic rings. The summed E-state index contributed by atoms with van der Waals surface area (Å²) in [5, 5.41) is 9.26. The number of aliphatic hydroxyl groups is 1. The van der Waals surface area contributed by atoms with Gasteiger partial charge in [0.25, 0.3) is 0 Å². The Morgan fingerprint density at radius 2 is 1.86 bits per heavy atom. The molecule has 1 N–H and O–H groups in total. The van der Waals surface area contributed by atoms with Crippen molar-refractivity contribution in [3.8, 4) is 11.4 Å². The van der Waals surface area contributed by atoms with E-state index in [1.807, 2.05) is 0 Å². The summed E-state index contributed by atoms with van der Waals surface area (Å²) in [5.74, 6) is 0.317. The van der Waals surface area contributed by atoms with Gasteiger partial charge >= 0.3 is 6.18 Å². The number of alkyl halides is 3. The maximum Gasteiger partial charge on any atom is 0.416 e. The third-order valence-corrected chi connectivity index (χ3v) is 3.14. The standard InChI is InChI=1S/C15H15F3N2O2/c1-22-7-6-13-11(9-21)8-19-14(20-13)10-2-4-12(5-3-10)15(16,17)18/h2-5,8,21H,6-7,9H2,1H3. The molecule has 4 nitrogen and oxygen atoms in total. The van der Waals surface area contributed by atoms with E-state index in [-0.39, 0.29) is 6.61 Å². The Labute approximate surface area is 125 Å². The minimum atomic E-state index is -4.37. The molecule has 22 heavy (non-hydrogen) atoms. The molecule has 1 aromatic heterocycles. The van der Waals surface area contributed by atoms with Crippen LogP contribution in [0.5, 0.6) is 0 Å². The lowest BCUT2D eigenvalue weighted by atomic mass is 10.1. The molecule has 0 fully saturated rings. The van der Waals surface area contributed by atoms with Gasteiger partial charge in [0, 0.05) is 30.9 Å². The average molecular weight is 312 g/mol. The summed E-state index contributed by atoms with van der Waals surface area (Å²) in [7, 11) is 1.55. The minimum absolute atomic E-state index is 0.202. The zero-order valence-electron chi connectivity index (χ0n) is 11.9. The van der Waals surface area contributed by atoms with Gasteiger partial charge in [0.15, 0.2) is 5.82 Å². The molecule has 0 aliphatic carbocycles. The molecule has 118 valence electrons. The van der Waals surface area contributed by atoms with E-state index in [1.165, 1.54) is 18.3 Å². The third-order valence-electron chi connectivity index (χ3n) is 3.14. The quantitative estimate of drug-likeness (QED) is 0.922. The van der Waals surface area contributed by atoms with E-state index in [4.69, 9.17) is 4.74 Å². The van der Waals surface area contributed by atoms with Gasteiger partial charge in [0.1, 0.15) is 0 Å². The molecular formula is C15H15F3N2O2. The Morgan fingerprint density at radius 1 is 1.18 bits per heavy atom. The van der Waals surface area contributed by atoms with Crippen molar-refractivity contribution >= 4 is 0 Å².